The molecule has 0 saturated carbocycles. The number of hydrazine groups is 1. The van der Waals surface area contributed by atoms with E-state index < -0.39 is 0 Å². The number of nitrogens with zero attached hydrogens (tertiary/aromatic N) is 3. The highest BCUT2D eigenvalue weighted by atomic mass is 35.5. The van der Waals surface area contributed by atoms with E-state index >= 15 is 0 Å². The molecule has 1 aromatic rings. The number of halogens is 2. The molecule has 0 aliphatic carbocycles. The second-order valence-corrected chi connectivity index (χ2v) is 5.88. The van der Waals surface area contributed by atoms with Gasteiger partial charge in [0, 0.05) is 36.2 Å². The molecule has 2 heterocycles. The van der Waals surface area contributed by atoms with Crippen LogP contribution in [0.5, 0.6) is 0 Å². The van der Waals surface area contributed by atoms with Gasteiger partial charge < -0.3 is 5.32 Å². The Bertz CT molecular complexity index is 513. The van der Waals surface area contributed by atoms with Gasteiger partial charge in [-0.25, -0.2) is 5.01 Å². The lowest BCUT2D eigenvalue weighted by Crippen LogP contribution is -2.48. The molecule has 0 radical (unpaired) electrons. The normalized spacial score (nSPS) is 17.9. The van der Waals surface area contributed by atoms with E-state index in [4.69, 9.17) is 23.2 Å². The van der Waals surface area contributed by atoms with E-state index in [0.717, 1.165) is 66.3 Å². The quantitative estimate of drug-likeness (QED) is 0.931. The molecule has 0 atom stereocenters. The molecule has 0 aromatic heterocycles. The first-order valence-corrected chi connectivity index (χ1v) is 7.72. The number of aliphatic imine (C=N–C) groups is 1. The molecular weight excluding hydrogens is 295 g/mol. The molecule has 2 aliphatic heterocycles. The lowest BCUT2D eigenvalue weighted by molar-refractivity contribution is 0.0375. The minimum atomic E-state index is 0.787. The van der Waals surface area contributed by atoms with Crippen LogP contribution < -0.4 is 5.32 Å². The Balaban J connectivity index is 1.85. The minimum Gasteiger partial charge on any atom is -0.353 e. The molecule has 0 unspecified atom stereocenters. The first-order valence-electron chi connectivity index (χ1n) is 6.97. The maximum absolute atomic E-state index is 6.30. The summed E-state index contributed by atoms with van der Waals surface area (Å²) in [5, 5.41) is 9.42. The number of hydrogen-bond donors (Lipinski definition) is 1. The molecule has 2 aliphatic rings. The van der Waals surface area contributed by atoms with Crippen molar-refractivity contribution in [2.75, 3.05) is 19.6 Å². The van der Waals surface area contributed by atoms with E-state index in [1.807, 2.05) is 12.1 Å². The number of hydrogen-bond acceptors (Lipinski definition) is 4. The molecular formula is C14H18Cl2N4. The number of rotatable bonds is 3. The van der Waals surface area contributed by atoms with Gasteiger partial charge in [-0.1, -0.05) is 30.1 Å². The van der Waals surface area contributed by atoms with Gasteiger partial charge in [0.15, 0.2) is 0 Å². The van der Waals surface area contributed by atoms with Crippen molar-refractivity contribution in [2.24, 2.45) is 4.99 Å². The van der Waals surface area contributed by atoms with Crippen LogP contribution in [0.1, 0.15) is 24.5 Å². The van der Waals surface area contributed by atoms with E-state index in [9.17, 15) is 0 Å². The van der Waals surface area contributed by atoms with E-state index in [-0.39, 0.29) is 0 Å². The van der Waals surface area contributed by atoms with Crippen molar-refractivity contribution in [1.82, 2.24) is 15.3 Å². The molecule has 0 saturated heterocycles. The van der Waals surface area contributed by atoms with Crippen LogP contribution in [0.2, 0.25) is 10.0 Å². The molecule has 0 fully saturated rings. The molecule has 0 spiro atoms. The van der Waals surface area contributed by atoms with Crippen LogP contribution in [0.4, 0.5) is 0 Å². The van der Waals surface area contributed by atoms with Crippen LogP contribution in [-0.4, -0.2) is 35.6 Å². The van der Waals surface area contributed by atoms with Crippen molar-refractivity contribution in [1.29, 1.82) is 0 Å². The third-order valence-corrected chi connectivity index (χ3v) is 4.38. The predicted molar refractivity (Wildman–Crippen MR) is 83.0 cm³/mol. The van der Waals surface area contributed by atoms with Crippen LogP contribution in [0.3, 0.4) is 0 Å². The van der Waals surface area contributed by atoms with Crippen molar-refractivity contribution >= 4 is 29.2 Å². The molecule has 0 amide bonds. The number of guanidine groups is 1. The zero-order chi connectivity index (χ0) is 14.1. The molecule has 108 valence electrons. The standard InChI is InChI=1S/C14H18Cl2N4/c1-2-7-20(14-17-5-6-18-14)19-8-10-11(9-19)13(16)4-3-12(10)15/h3-4H,2,5-9H2,1H3,(H,17,18). The minimum absolute atomic E-state index is 0.787. The molecule has 20 heavy (non-hydrogen) atoms. The third-order valence-electron chi connectivity index (χ3n) is 3.68. The summed E-state index contributed by atoms with van der Waals surface area (Å²) in [6.45, 7) is 6.45. The summed E-state index contributed by atoms with van der Waals surface area (Å²) in [5.74, 6) is 0.965. The predicted octanol–water partition coefficient (Wildman–Crippen LogP) is 2.90. The summed E-state index contributed by atoms with van der Waals surface area (Å²) >= 11 is 12.6. The summed E-state index contributed by atoms with van der Waals surface area (Å²) in [4.78, 5) is 4.53. The topological polar surface area (TPSA) is 30.9 Å². The highest BCUT2D eigenvalue weighted by Crippen LogP contribution is 2.35. The maximum atomic E-state index is 6.30. The molecule has 1 N–H and O–H groups in total. The molecule has 0 bridgehead atoms. The van der Waals surface area contributed by atoms with Crippen LogP contribution >= 0.6 is 23.2 Å². The fourth-order valence-electron chi connectivity index (χ4n) is 2.72. The lowest BCUT2D eigenvalue weighted by atomic mass is 10.1. The zero-order valence-corrected chi connectivity index (χ0v) is 13.0. The average Bonchev–Trinajstić information content (AvgIpc) is 3.09. The summed E-state index contributed by atoms with van der Waals surface area (Å²) in [5.41, 5.74) is 2.28. The monoisotopic (exact) mass is 312 g/mol. The summed E-state index contributed by atoms with van der Waals surface area (Å²) in [6.07, 6.45) is 1.06. The third kappa shape index (κ3) is 2.48. The van der Waals surface area contributed by atoms with Crippen molar-refractivity contribution in [2.45, 2.75) is 26.4 Å². The van der Waals surface area contributed by atoms with Gasteiger partial charge in [-0.2, -0.15) is 0 Å². The van der Waals surface area contributed by atoms with Crippen molar-refractivity contribution in [3.8, 4) is 0 Å². The van der Waals surface area contributed by atoms with Gasteiger partial charge in [0.25, 0.3) is 0 Å². The van der Waals surface area contributed by atoms with Crippen LogP contribution in [-0.2, 0) is 13.1 Å². The Morgan fingerprint density at radius 2 is 1.90 bits per heavy atom. The Morgan fingerprint density at radius 3 is 2.40 bits per heavy atom. The fraction of sp³-hybridized carbons (Fsp3) is 0.500. The number of nitrogens with one attached hydrogen (secondary N) is 1. The van der Waals surface area contributed by atoms with Gasteiger partial charge in [-0.3, -0.25) is 10.0 Å². The van der Waals surface area contributed by atoms with Gasteiger partial charge >= 0.3 is 0 Å². The maximum Gasteiger partial charge on any atom is 0.208 e. The van der Waals surface area contributed by atoms with Crippen LogP contribution in [0.15, 0.2) is 17.1 Å². The summed E-state index contributed by atoms with van der Waals surface area (Å²) in [7, 11) is 0. The average molecular weight is 313 g/mol. The molecule has 1 aromatic carbocycles. The highest BCUT2D eigenvalue weighted by molar-refractivity contribution is 6.34. The SMILES string of the molecule is CCCN(C1=NCCN1)N1Cc2c(Cl)ccc(Cl)c2C1. The van der Waals surface area contributed by atoms with Gasteiger partial charge in [-0.15, -0.1) is 0 Å². The number of fused-ring (bicyclic) bond motifs is 1. The molecule has 3 rings (SSSR count). The largest absolute Gasteiger partial charge is 0.353 e. The molecule has 4 nitrogen and oxygen atoms in total. The van der Waals surface area contributed by atoms with Crippen molar-refractivity contribution < 1.29 is 0 Å². The van der Waals surface area contributed by atoms with E-state index in [1.165, 1.54) is 0 Å². The first kappa shape index (κ1) is 14.0. The summed E-state index contributed by atoms with van der Waals surface area (Å²) < 4.78 is 0. The van der Waals surface area contributed by atoms with E-state index in [1.54, 1.807) is 0 Å². The molecule has 6 heteroatoms. The summed E-state index contributed by atoms with van der Waals surface area (Å²) in [6, 6.07) is 3.75. The highest BCUT2D eigenvalue weighted by Gasteiger charge is 2.29. The van der Waals surface area contributed by atoms with Gasteiger partial charge in [-0.05, 0) is 29.7 Å². The van der Waals surface area contributed by atoms with Gasteiger partial charge in [0.2, 0.25) is 5.96 Å². The van der Waals surface area contributed by atoms with E-state index in [0.29, 0.717) is 0 Å². The Labute approximate surface area is 129 Å². The van der Waals surface area contributed by atoms with Crippen LogP contribution in [0.25, 0.3) is 0 Å². The Morgan fingerprint density at radius 1 is 1.25 bits per heavy atom. The smallest absolute Gasteiger partial charge is 0.208 e. The second-order valence-electron chi connectivity index (χ2n) is 5.06. The van der Waals surface area contributed by atoms with E-state index in [2.05, 4.69) is 27.3 Å². The van der Waals surface area contributed by atoms with Crippen molar-refractivity contribution in [3.05, 3.63) is 33.3 Å². The van der Waals surface area contributed by atoms with Gasteiger partial charge in [0.1, 0.15) is 0 Å². The van der Waals surface area contributed by atoms with Gasteiger partial charge in [0.05, 0.1) is 6.54 Å². The fourth-order valence-corrected chi connectivity index (χ4v) is 3.19. The Hall–Kier alpha value is -0.970. The lowest BCUT2D eigenvalue weighted by Gasteiger charge is -2.32. The first-order chi connectivity index (χ1) is 9.70. The van der Waals surface area contributed by atoms with Crippen molar-refractivity contribution in [3.63, 3.8) is 0 Å². The second kappa shape index (κ2) is 5.80. The van der Waals surface area contributed by atoms with Crippen LogP contribution in [0, 0.1) is 0 Å². The number of benzene rings is 1. The zero-order valence-electron chi connectivity index (χ0n) is 11.5. The Kier molecular flexibility index (Phi) is 4.06.